The normalized spacial score (nSPS) is 13.5. The van der Waals surface area contributed by atoms with E-state index in [9.17, 15) is 0 Å². The predicted molar refractivity (Wildman–Crippen MR) is 116 cm³/mol. The quantitative estimate of drug-likeness (QED) is 0.485. The van der Waals surface area contributed by atoms with Crippen molar-refractivity contribution in [1.82, 2.24) is 14.6 Å². The van der Waals surface area contributed by atoms with Crippen LogP contribution in [-0.2, 0) is 0 Å². The maximum absolute atomic E-state index is 5.13. The maximum Gasteiger partial charge on any atom is 0.128 e. The fourth-order valence-corrected chi connectivity index (χ4v) is 4.95. The highest BCUT2D eigenvalue weighted by Gasteiger charge is 2.24. The van der Waals surface area contributed by atoms with Crippen molar-refractivity contribution in [2.24, 2.45) is 10.2 Å². The van der Waals surface area contributed by atoms with Gasteiger partial charge in [-0.05, 0) is 44.0 Å². The zero-order valence-corrected chi connectivity index (χ0v) is 16.8. The van der Waals surface area contributed by atoms with Crippen LogP contribution in [0, 0.1) is 20.8 Å². The molecule has 1 aliphatic rings. The number of nitrogens with zero attached hydrogens (tertiary/aromatic N) is 5. The highest BCUT2D eigenvalue weighted by Crippen LogP contribution is 2.40. The fraction of sp³-hybridized carbons (Fsp3) is 0.182. The van der Waals surface area contributed by atoms with Crippen LogP contribution in [0.25, 0.3) is 27.3 Å². The first-order valence-electron chi connectivity index (χ1n) is 9.24. The average molecular weight is 385 g/mol. The third kappa shape index (κ3) is 2.60. The van der Waals surface area contributed by atoms with E-state index in [0.29, 0.717) is 0 Å². The molecule has 0 N–H and O–H groups in total. The van der Waals surface area contributed by atoms with Gasteiger partial charge in [0.2, 0.25) is 0 Å². The Balaban J connectivity index is 1.79. The Kier molecular flexibility index (Phi) is 3.94. The summed E-state index contributed by atoms with van der Waals surface area (Å²) in [6, 6.07) is 12.5. The summed E-state index contributed by atoms with van der Waals surface area (Å²) >= 11 is 1.68. The maximum atomic E-state index is 5.13. The zero-order chi connectivity index (χ0) is 19.3. The van der Waals surface area contributed by atoms with Crippen LogP contribution >= 0.6 is 11.3 Å². The molecule has 5 rings (SSSR count). The van der Waals surface area contributed by atoms with Gasteiger partial charge in [0.25, 0.3) is 0 Å². The van der Waals surface area contributed by atoms with Gasteiger partial charge in [-0.1, -0.05) is 24.3 Å². The molecule has 0 spiro atoms. The number of aryl methyl sites for hydroxylation is 3. The highest BCUT2D eigenvalue weighted by atomic mass is 32.1. The predicted octanol–water partition coefficient (Wildman–Crippen LogP) is 5.23. The lowest BCUT2D eigenvalue weighted by molar-refractivity contribution is 0.934. The Hall–Kier alpha value is -3.12. The van der Waals surface area contributed by atoms with E-state index >= 15 is 0 Å². The smallest absolute Gasteiger partial charge is 0.128 e. The van der Waals surface area contributed by atoms with Gasteiger partial charge in [-0.3, -0.25) is 0 Å². The van der Waals surface area contributed by atoms with Crippen molar-refractivity contribution in [1.29, 1.82) is 0 Å². The number of pyridine rings is 1. The molecule has 1 aliphatic heterocycles. The van der Waals surface area contributed by atoms with E-state index in [1.54, 1.807) is 11.3 Å². The van der Waals surface area contributed by atoms with Gasteiger partial charge in [0.05, 0.1) is 33.1 Å². The molecule has 0 atom stereocenters. The van der Waals surface area contributed by atoms with Crippen LogP contribution in [0.5, 0.6) is 0 Å². The second kappa shape index (κ2) is 6.49. The van der Waals surface area contributed by atoms with Crippen LogP contribution in [0.3, 0.4) is 0 Å². The Morgan fingerprint density at radius 1 is 0.964 bits per heavy atom. The third-order valence-electron chi connectivity index (χ3n) is 5.08. The Bertz CT molecular complexity index is 1260. The highest BCUT2D eigenvalue weighted by molar-refractivity contribution is 7.17. The molecule has 0 amide bonds. The van der Waals surface area contributed by atoms with Gasteiger partial charge in [-0.25, -0.2) is 9.50 Å². The van der Waals surface area contributed by atoms with Gasteiger partial charge in [-0.2, -0.15) is 15.3 Å². The summed E-state index contributed by atoms with van der Waals surface area (Å²) in [6.45, 7) is 6.32. The van der Waals surface area contributed by atoms with Crippen LogP contribution in [0.2, 0.25) is 0 Å². The van der Waals surface area contributed by atoms with Crippen LogP contribution in [0.4, 0.5) is 0 Å². The van der Waals surface area contributed by atoms with Gasteiger partial charge >= 0.3 is 0 Å². The minimum Gasteiger partial charge on any atom is -0.240 e. The molecule has 0 fully saturated rings. The van der Waals surface area contributed by atoms with Gasteiger partial charge in [-0.15, -0.1) is 11.3 Å². The molecule has 0 saturated heterocycles. The molecule has 138 valence electrons. The van der Waals surface area contributed by atoms with E-state index in [-0.39, 0.29) is 0 Å². The molecule has 28 heavy (non-hydrogen) atoms. The molecule has 0 radical (unpaired) electrons. The lowest BCUT2D eigenvalue weighted by Crippen LogP contribution is -1.99. The number of thiazole rings is 1. The molecule has 3 aromatic heterocycles. The molecular formula is C22H19N5S. The third-order valence-corrected chi connectivity index (χ3v) is 6.20. The first-order chi connectivity index (χ1) is 13.6. The zero-order valence-electron chi connectivity index (χ0n) is 16.0. The molecule has 4 heterocycles. The van der Waals surface area contributed by atoms with Crippen molar-refractivity contribution in [3.63, 3.8) is 0 Å². The molecule has 0 saturated carbocycles. The minimum atomic E-state index is 0.743. The minimum absolute atomic E-state index is 0.743. The lowest BCUT2D eigenvalue weighted by atomic mass is 9.98. The lowest BCUT2D eigenvalue weighted by Gasteiger charge is -2.09. The van der Waals surface area contributed by atoms with E-state index < -0.39 is 0 Å². The van der Waals surface area contributed by atoms with Crippen molar-refractivity contribution in [2.75, 3.05) is 0 Å². The summed E-state index contributed by atoms with van der Waals surface area (Å²) in [5.41, 5.74) is 8.73. The second-order valence-corrected chi connectivity index (χ2v) is 8.00. The average Bonchev–Trinajstić information content (AvgIpc) is 3.39. The SMILES string of the molecule is Cc1cccc(C)c1-c1nc(-c2c(C)nn3ccccc23)sc1C1=NN=CC1. The van der Waals surface area contributed by atoms with Crippen molar-refractivity contribution in [3.05, 3.63) is 64.3 Å². The number of aromatic nitrogens is 3. The Morgan fingerprint density at radius 3 is 2.54 bits per heavy atom. The summed E-state index contributed by atoms with van der Waals surface area (Å²) in [5.74, 6) is 0. The Morgan fingerprint density at radius 2 is 1.79 bits per heavy atom. The molecular weight excluding hydrogens is 366 g/mol. The monoisotopic (exact) mass is 385 g/mol. The number of rotatable bonds is 3. The van der Waals surface area contributed by atoms with Gasteiger partial charge in [0.1, 0.15) is 5.01 Å². The van der Waals surface area contributed by atoms with Gasteiger partial charge in [0.15, 0.2) is 0 Å². The van der Waals surface area contributed by atoms with Crippen molar-refractivity contribution < 1.29 is 0 Å². The molecule has 0 aliphatic carbocycles. The molecule has 0 unspecified atom stereocenters. The van der Waals surface area contributed by atoms with E-state index in [2.05, 4.69) is 53.4 Å². The van der Waals surface area contributed by atoms with Crippen LogP contribution in [0.15, 0.2) is 52.8 Å². The van der Waals surface area contributed by atoms with Crippen molar-refractivity contribution in [3.8, 4) is 21.8 Å². The number of hydrogen-bond donors (Lipinski definition) is 0. The summed E-state index contributed by atoms with van der Waals surface area (Å²) in [6.07, 6.45) is 4.57. The first-order valence-corrected chi connectivity index (χ1v) is 10.1. The van der Waals surface area contributed by atoms with E-state index in [1.165, 1.54) is 16.7 Å². The summed E-state index contributed by atoms with van der Waals surface area (Å²) in [7, 11) is 0. The molecule has 4 aromatic rings. The van der Waals surface area contributed by atoms with E-state index in [0.717, 1.165) is 44.5 Å². The number of hydrogen-bond acceptors (Lipinski definition) is 5. The topological polar surface area (TPSA) is 54.9 Å². The fourth-order valence-electron chi connectivity index (χ4n) is 3.78. The summed E-state index contributed by atoms with van der Waals surface area (Å²) < 4.78 is 1.92. The van der Waals surface area contributed by atoms with Gasteiger partial charge in [0, 0.05) is 24.4 Å². The summed E-state index contributed by atoms with van der Waals surface area (Å²) in [5, 5.41) is 14.1. The van der Waals surface area contributed by atoms with Crippen LogP contribution in [0.1, 0.15) is 28.1 Å². The number of fused-ring (bicyclic) bond motifs is 1. The van der Waals surface area contributed by atoms with Gasteiger partial charge < -0.3 is 0 Å². The van der Waals surface area contributed by atoms with E-state index in [1.807, 2.05) is 36.0 Å². The molecule has 5 nitrogen and oxygen atoms in total. The molecule has 0 bridgehead atoms. The van der Waals surface area contributed by atoms with Crippen LogP contribution < -0.4 is 0 Å². The van der Waals surface area contributed by atoms with E-state index in [4.69, 9.17) is 4.98 Å². The van der Waals surface area contributed by atoms with Crippen molar-refractivity contribution >= 4 is 28.8 Å². The standard InChI is InChI=1S/C22H19N5S/c1-13-7-6-8-14(2)18(13)20-21(16-10-11-23-25-16)28-22(24-20)19-15(3)26-27-12-5-4-9-17(19)27/h4-9,11-12H,10H2,1-3H3. The van der Waals surface area contributed by atoms with Crippen LogP contribution in [-0.4, -0.2) is 26.5 Å². The molecule has 1 aromatic carbocycles. The largest absolute Gasteiger partial charge is 0.240 e. The Labute approximate surface area is 167 Å². The summed E-state index contributed by atoms with van der Waals surface area (Å²) in [4.78, 5) is 6.23. The first kappa shape index (κ1) is 17.0. The molecule has 6 heteroatoms. The number of benzene rings is 1. The van der Waals surface area contributed by atoms with Crippen molar-refractivity contribution in [2.45, 2.75) is 27.2 Å². The second-order valence-electron chi connectivity index (χ2n) is 7.00.